The fourth-order valence-electron chi connectivity index (χ4n) is 2.50. The first-order chi connectivity index (χ1) is 12.6. The number of hydrogen-bond donors (Lipinski definition) is 1. The number of amides is 1. The smallest absolute Gasteiger partial charge is 0.234 e. The van der Waals surface area contributed by atoms with Crippen LogP contribution in [0.4, 0.5) is 5.69 Å². The number of fused-ring (bicyclic) bond motifs is 1. The summed E-state index contributed by atoms with van der Waals surface area (Å²) in [6, 6.07) is 13.0. The molecule has 0 aliphatic heterocycles. The lowest BCUT2D eigenvalue weighted by Gasteiger charge is -2.12. The number of nitrogens with zero attached hydrogens (tertiary/aromatic N) is 2. The lowest BCUT2D eigenvalue weighted by Crippen LogP contribution is -2.15. The van der Waals surface area contributed by atoms with E-state index < -0.39 is 0 Å². The number of aromatic nitrogens is 2. The molecule has 0 atom stereocenters. The Hall–Kier alpha value is -2.80. The van der Waals surface area contributed by atoms with Crippen molar-refractivity contribution in [1.82, 2.24) is 9.97 Å². The number of hydrogen-bond acceptors (Lipinski definition) is 6. The first-order valence-corrected chi connectivity index (χ1v) is 8.97. The minimum Gasteiger partial charge on any atom is -0.497 e. The zero-order valence-corrected chi connectivity index (χ0v) is 15.6. The molecule has 0 radical (unpaired) electrons. The van der Waals surface area contributed by atoms with Crippen LogP contribution >= 0.6 is 11.8 Å². The Morgan fingerprint density at radius 2 is 1.92 bits per heavy atom. The van der Waals surface area contributed by atoms with Crippen LogP contribution in [-0.2, 0) is 4.79 Å². The van der Waals surface area contributed by atoms with Crippen LogP contribution < -0.4 is 14.8 Å². The van der Waals surface area contributed by atoms with Crippen LogP contribution in [0.3, 0.4) is 0 Å². The summed E-state index contributed by atoms with van der Waals surface area (Å²) in [4.78, 5) is 21.3. The molecular weight excluding hydrogens is 350 g/mol. The lowest BCUT2D eigenvalue weighted by molar-refractivity contribution is -0.113. The second-order valence-corrected chi connectivity index (χ2v) is 6.46. The fourth-order valence-corrected chi connectivity index (χ4v) is 3.37. The normalized spacial score (nSPS) is 10.6. The van der Waals surface area contributed by atoms with Crippen LogP contribution in [-0.4, -0.2) is 35.8 Å². The summed E-state index contributed by atoms with van der Waals surface area (Å²) in [6.45, 7) is 1.84. The number of rotatable bonds is 6. The maximum atomic E-state index is 12.4. The minimum atomic E-state index is -0.151. The molecule has 1 heterocycles. The third-order valence-electron chi connectivity index (χ3n) is 3.70. The third kappa shape index (κ3) is 4.05. The Kier molecular flexibility index (Phi) is 5.58. The molecule has 3 rings (SSSR count). The highest BCUT2D eigenvalue weighted by molar-refractivity contribution is 8.00. The van der Waals surface area contributed by atoms with Crippen LogP contribution in [0.15, 0.2) is 47.5 Å². The van der Waals surface area contributed by atoms with Crippen molar-refractivity contribution in [1.29, 1.82) is 0 Å². The summed E-state index contributed by atoms with van der Waals surface area (Å²) in [5.41, 5.74) is 1.44. The molecule has 3 aromatic rings. The van der Waals surface area contributed by atoms with E-state index in [1.165, 1.54) is 11.8 Å². The summed E-state index contributed by atoms with van der Waals surface area (Å²) < 4.78 is 10.5. The summed E-state index contributed by atoms with van der Waals surface area (Å²) in [7, 11) is 3.13. The monoisotopic (exact) mass is 369 g/mol. The van der Waals surface area contributed by atoms with E-state index in [0.717, 1.165) is 15.9 Å². The van der Waals surface area contributed by atoms with E-state index in [9.17, 15) is 4.79 Å². The first kappa shape index (κ1) is 18.0. The number of benzene rings is 2. The third-order valence-corrected chi connectivity index (χ3v) is 4.69. The molecule has 26 heavy (non-hydrogen) atoms. The van der Waals surface area contributed by atoms with Crippen molar-refractivity contribution < 1.29 is 14.3 Å². The van der Waals surface area contributed by atoms with Gasteiger partial charge in [0.05, 0.1) is 31.2 Å². The van der Waals surface area contributed by atoms with E-state index in [1.807, 2.05) is 31.2 Å². The Morgan fingerprint density at radius 1 is 1.12 bits per heavy atom. The van der Waals surface area contributed by atoms with Crippen molar-refractivity contribution in [3.05, 3.63) is 48.3 Å². The second kappa shape index (κ2) is 8.05. The molecule has 134 valence electrons. The maximum Gasteiger partial charge on any atom is 0.234 e. The molecule has 0 saturated carbocycles. The maximum absolute atomic E-state index is 12.4. The van der Waals surface area contributed by atoms with E-state index in [-0.39, 0.29) is 11.7 Å². The fraction of sp³-hybridized carbons (Fsp3) is 0.211. The summed E-state index contributed by atoms with van der Waals surface area (Å²) in [6.07, 6.45) is 0. The van der Waals surface area contributed by atoms with Crippen molar-refractivity contribution in [2.45, 2.75) is 11.9 Å². The van der Waals surface area contributed by atoms with Crippen LogP contribution in [0.1, 0.15) is 5.82 Å². The predicted molar refractivity (Wildman–Crippen MR) is 103 cm³/mol. The number of carbonyl (C=O) groups is 1. The van der Waals surface area contributed by atoms with Gasteiger partial charge >= 0.3 is 0 Å². The van der Waals surface area contributed by atoms with Gasteiger partial charge in [0.15, 0.2) is 0 Å². The Bertz CT molecular complexity index is 946. The highest BCUT2D eigenvalue weighted by Gasteiger charge is 2.12. The van der Waals surface area contributed by atoms with Gasteiger partial charge in [0.1, 0.15) is 22.3 Å². The minimum absolute atomic E-state index is 0.151. The molecule has 0 fully saturated rings. The second-order valence-electron chi connectivity index (χ2n) is 5.50. The molecule has 0 unspecified atom stereocenters. The number of nitrogens with one attached hydrogen (secondary N) is 1. The number of para-hydroxylation sites is 1. The van der Waals surface area contributed by atoms with E-state index in [0.29, 0.717) is 23.0 Å². The van der Waals surface area contributed by atoms with Crippen molar-refractivity contribution in [2.75, 3.05) is 25.3 Å². The Labute approximate surface area is 155 Å². The van der Waals surface area contributed by atoms with Crippen molar-refractivity contribution in [3.8, 4) is 11.5 Å². The number of aryl methyl sites for hydroxylation is 1. The average Bonchev–Trinajstić information content (AvgIpc) is 2.65. The Morgan fingerprint density at radius 3 is 2.69 bits per heavy atom. The van der Waals surface area contributed by atoms with Gasteiger partial charge in [-0.2, -0.15) is 0 Å². The van der Waals surface area contributed by atoms with E-state index in [1.54, 1.807) is 32.4 Å². The topological polar surface area (TPSA) is 73.3 Å². The quantitative estimate of drug-likeness (QED) is 0.528. The van der Waals surface area contributed by atoms with Gasteiger partial charge in [0.25, 0.3) is 0 Å². The molecule has 0 bridgehead atoms. The zero-order valence-electron chi connectivity index (χ0n) is 14.8. The van der Waals surface area contributed by atoms with Crippen LogP contribution in [0, 0.1) is 6.92 Å². The van der Waals surface area contributed by atoms with Gasteiger partial charge in [-0.05, 0) is 25.1 Å². The Balaban J connectivity index is 1.74. The highest BCUT2D eigenvalue weighted by Crippen LogP contribution is 2.30. The van der Waals surface area contributed by atoms with Crippen LogP contribution in [0.5, 0.6) is 11.5 Å². The van der Waals surface area contributed by atoms with Gasteiger partial charge in [-0.15, -0.1) is 0 Å². The van der Waals surface area contributed by atoms with Gasteiger partial charge in [0, 0.05) is 11.5 Å². The molecule has 1 N–H and O–H groups in total. The average molecular weight is 369 g/mol. The van der Waals surface area contributed by atoms with Gasteiger partial charge in [-0.25, -0.2) is 9.97 Å². The lowest BCUT2D eigenvalue weighted by atomic mass is 10.2. The summed E-state index contributed by atoms with van der Waals surface area (Å²) in [5, 5.41) is 4.59. The van der Waals surface area contributed by atoms with E-state index >= 15 is 0 Å². The molecule has 2 aromatic carbocycles. The summed E-state index contributed by atoms with van der Waals surface area (Å²) >= 11 is 1.38. The standard InChI is InChI=1S/C19H19N3O3S/c1-12-20-15-7-5-4-6-14(15)19(21-12)26-11-18(23)22-16-10-13(24-2)8-9-17(16)25-3/h4-10H,11H2,1-3H3,(H,22,23). The molecular formula is C19H19N3O3S. The van der Waals surface area contributed by atoms with Gasteiger partial charge < -0.3 is 14.8 Å². The molecule has 6 nitrogen and oxygen atoms in total. The SMILES string of the molecule is COc1ccc(OC)c(NC(=O)CSc2nc(C)nc3ccccc23)c1. The molecule has 0 saturated heterocycles. The van der Waals surface area contributed by atoms with Gasteiger partial charge in [-0.3, -0.25) is 4.79 Å². The van der Waals surface area contributed by atoms with Crippen LogP contribution in [0.2, 0.25) is 0 Å². The van der Waals surface area contributed by atoms with Crippen molar-refractivity contribution in [2.24, 2.45) is 0 Å². The predicted octanol–water partition coefficient (Wildman–Crippen LogP) is 3.69. The van der Waals surface area contributed by atoms with Crippen molar-refractivity contribution >= 4 is 34.3 Å². The molecule has 0 aliphatic rings. The molecule has 0 spiro atoms. The molecule has 0 aliphatic carbocycles. The van der Waals surface area contributed by atoms with Gasteiger partial charge in [0.2, 0.25) is 5.91 Å². The molecule has 1 aromatic heterocycles. The molecule has 7 heteroatoms. The number of carbonyl (C=O) groups excluding carboxylic acids is 1. The van der Waals surface area contributed by atoms with Crippen molar-refractivity contribution in [3.63, 3.8) is 0 Å². The number of anilines is 1. The molecule has 1 amide bonds. The van der Waals surface area contributed by atoms with Gasteiger partial charge in [-0.1, -0.05) is 30.0 Å². The largest absolute Gasteiger partial charge is 0.497 e. The summed E-state index contributed by atoms with van der Waals surface area (Å²) in [5.74, 6) is 1.97. The van der Waals surface area contributed by atoms with E-state index in [2.05, 4.69) is 15.3 Å². The number of thioether (sulfide) groups is 1. The zero-order chi connectivity index (χ0) is 18.5. The first-order valence-electron chi connectivity index (χ1n) is 7.99. The van der Waals surface area contributed by atoms with Crippen LogP contribution in [0.25, 0.3) is 10.9 Å². The van der Waals surface area contributed by atoms with E-state index in [4.69, 9.17) is 9.47 Å². The number of ether oxygens (including phenoxy) is 2. The highest BCUT2D eigenvalue weighted by atomic mass is 32.2. The number of methoxy groups -OCH3 is 2.